The Bertz CT molecular complexity index is 200. The highest BCUT2D eigenvalue weighted by molar-refractivity contribution is 7.58. The van der Waals surface area contributed by atoms with E-state index < -0.39 is 7.60 Å². The Morgan fingerprint density at radius 1 is 1.42 bits per heavy atom. The molecule has 0 unspecified atom stereocenters. The molecule has 0 aliphatic heterocycles. The van der Waals surface area contributed by atoms with Crippen LogP contribution >= 0.6 is 7.60 Å². The Kier molecular flexibility index (Phi) is 5.14. The van der Waals surface area contributed by atoms with Gasteiger partial charge in [-0.2, -0.15) is 0 Å². The van der Waals surface area contributed by atoms with Crippen LogP contribution in [0.3, 0.4) is 0 Å². The van der Waals surface area contributed by atoms with Crippen molar-refractivity contribution in [3.63, 3.8) is 0 Å². The molecule has 0 rings (SSSR count). The van der Waals surface area contributed by atoms with Gasteiger partial charge in [0.15, 0.2) is 0 Å². The van der Waals surface area contributed by atoms with E-state index in [2.05, 4.69) is 13.2 Å². The van der Waals surface area contributed by atoms with E-state index in [-0.39, 0.29) is 0 Å². The van der Waals surface area contributed by atoms with Gasteiger partial charge in [0.05, 0.1) is 18.5 Å². The summed E-state index contributed by atoms with van der Waals surface area (Å²) in [5.74, 6) is 0. The molecule has 0 aromatic heterocycles. The molecule has 0 heterocycles. The second-order valence-electron chi connectivity index (χ2n) is 2.03. The van der Waals surface area contributed by atoms with Crippen LogP contribution in [0.1, 0.15) is 13.8 Å². The van der Waals surface area contributed by atoms with Gasteiger partial charge in [0.2, 0.25) is 0 Å². The van der Waals surface area contributed by atoms with Gasteiger partial charge in [-0.1, -0.05) is 19.2 Å². The van der Waals surface area contributed by atoms with Crippen LogP contribution < -0.4 is 0 Å². The molecule has 0 spiro atoms. The molecule has 0 saturated heterocycles. The van der Waals surface area contributed by atoms with E-state index in [1.54, 1.807) is 13.8 Å². The van der Waals surface area contributed by atoms with E-state index in [1.165, 1.54) is 6.08 Å². The molecule has 0 aromatic carbocycles. The van der Waals surface area contributed by atoms with Crippen molar-refractivity contribution in [1.82, 2.24) is 0 Å². The summed E-state index contributed by atoms with van der Waals surface area (Å²) in [4.78, 5) is 0. The van der Waals surface area contributed by atoms with Crippen molar-refractivity contribution in [3.8, 4) is 0 Å². The summed E-state index contributed by atoms with van der Waals surface area (Å²) in [6.45, 7) is 11.2. The molecule has 3 nitrogen and oxygen atoms in total. The summed E-state index contributed by atoms with van der Waals surface area (Å²) in [5.41, 5.74) is 0. The van der Waals surface area contributed by atoms with E-state index in [1.807, 2.05) is 0 Å². The summed E-state index contributed by atoms with van der Waals surface area (Å²) in [5, 5.41) is 0.311. The first-order valence-electron chi connectivity index (χ1n) is 3.81. The van der Waals surface area contributed by atoms with Crippen molar-refractivity contribution in [3.05, 3.63) is 24.5 Å². The van der Waals surface area contributed by atoms with Gasteiger partial charge in [-0.15, -0.1) is 0 Å². The van der Waals surface area contributed by atoms with Crippen LogP contribution in [-0.4, -0.2) is 13.2 Å². The molecular formula is C8H15O3P. The maximum absolute atomic E-state index is 11.7. The highest BCUT2D eigenvalue weighted by Crippen LogP contribution is 2.55. The Morgan fingerprint density at radius 2 is 1.83 bits per heavy atom. The first kappa shape index (κ1) is 11.6. The maximum Gasteiger partial charge on any atom is 0.360 e. The molecule has 0 saturated carbocycles. The molecule has 0 aromatic rings. The zero-order chi connectivity index (χ0) is 9.61. The lowest BCUT2D eigenvalue weighted by Crippen LogP contribution is -1.96. The van der Waals surface area contributed by atoms with Crippen molar-refractivity contribution in [2.75, 3.05) is 13.2 Å². The lowest BCUT2D eigenvalue weighted by Gasteiger charge is -2.16. The molecule has 0 aliphatic carbocycles. The fourth-order valence-corrected chi connectivity index (χ4v) is 1.96. The molecule has 4 heteroatoms. The van der Waals surface area contributed by atoms with Crippen LogP contribution in [0.2, 0.25) is 0 Å². The zero-order valence-corrected chi connectivity index (χ0v) is 8.47. The van der Waals surface area contributed by atoms with Crippen molar-refractivity contribution in [2.45, 2.75) is 13.8 Å². The van der Waals surface area contributed by atoms with Crippen LogP contribution in [-0.2, 0) is 13.6 Å². The highest BCUT2D eigenvalue weighted by Gasteiger charge is 2.25. The van der Waals surface area contributed by atoms with Crippen molar-refractivity contribution in [1.29, 1.82) is 0 Å². The number of hydrogen-bond acceptors (Lipinski definition) is 3. The topological polar surface area (TPSA) is 35.5 Å². The third kappa shape index (κ3) is 2.94. The van der Waals surface area contributed by atoms with Crippen molar-refractivity contribution >= 4 is 7.60 Å². The molecule has 0 bridgehead atoms. The van der Waals surface area contributed by atoms with Crippen LogP contribution in [0.15, 0.2) is 24.5 Å². The summed E-state index contributed by atoms with van der Waals surface area (Å²) >= 11 is 0. The molecule has 0 radical (unpaired) electrons. The Balaban J connectivity index is 4.49. The van der Waals surface area contributed by atoms with E-state index >= 15 is 0 Å². The van der Waals surface area contributed by atoms with E-state index in [0.29, 0.717) is 18.5 Å². The molecule has 0 atom stereocenters. The Labute approximate surface area is 73.6 Å². The summed E-state index contributed by atoms with van der Waals surface area (Å²) in [7, 11) is -3.12. The minimum Gasteiger partial charge on any atom is -0.306 e. The summed E-state index contributed by atoms with van der Waals surface area (Å²) in [6.07, 6.45) is 1.39. The second kappa shape index (κ2) is 5.31. The second-order valence-corrected chi connectivity index (χ2v) is 4.11. The van der Waals surface area contributed by atoms with Gasteiger partial charge in [0, 0.05) is 0 Å². The van der Waals surface area contributed by atoms with Crippen LogP contribution in [0.5, 0.6) is 0 Å². The van der Waals surface area contributed by atoms with Gasteiger partial charge in [-0.05, 0) is 13.8 Å². The van der Waals surface area contributed by atoms with Crippen LogP contribution in [0.4, 0.5) is 0 Å². The molecule has 0 fully saturated rings. The van der Waals surface area contributed by atoms with E-state index in [4.69, 9.17) is 9.05 Å². The SMILES string of the molecule is C=CC(=C)P(=O)(OCC)OCC. The van der Waals surface area contributed by atoms with Gasteiger partial charge in [-0.3, -0.25) is 4.57 Å². The lowest BCUT2D eigenvalue weighted by molar-refractivity contribution is 0.227. The van der Waals surface area contributed by atoms with Gasteiger partial charge >= 0.3 is 7.60 Å². The third-order valence-electron chi connectivity index (χ3n) is 1.19. The predicted octanol–water partition coefficient (Wildman–Crippen LogP) is 2.95. The predicted molar refractivity (Wildman–Crippen MR) is 50.2 cm³/mol. The van der Waals surface area contributed by atoms with Gasteiger partial charge < -0.3 is 9.05 Å². The van der Waals surface area contributed by atoms with Gasteiger partial charge in [0.25, 0.3) is 0 Å². The minimum atomic E-state index is -3.12. The van der Waals surface area contributed by atoms with E-state index in [9.17, 15) is 4.57 Å². The normalized spacial score (nSPS) is 11.2. The third-order valence-corrected chi connectivity index (χ3v) is 3.27. The van der Waals surface area contributed by atoms with Gasteiger partial charge in [-0.25, -0.2) is 0 Å². The number of allylic oxidation sites excluding steroid dienone is 2. The van der Waals surface area contributed by atoms with Gasteiger partial charge in [0.1, 0.15) is 0 Å². The summed E-state index contributed by atoms with van der Waals surface area (Å²) < 4.78 is 21.7. The first-order valence-corrected chi connectivity index (χ1v) is 5.36. The molecule has 0 N–H and O–H groups in total. The Morgan fingerprint density at radius 3 is 2.08 bits per heavy atom. The molecule has 12 heavy (non-hydrogen) atoms. The first-order chi connectivity index (χ1) is 5.60. The molecular weight excluding hydrogens is 175 g/mol. The van der Waals surface area contributed by atoms with Crippen molar-refractivity contribution in [2.24, 2.45) is 0 Å². The largest absolute Gasteiger partial charge is 0.360 e. The minimum absolute atomic E-state index is 0.311. The fraction of sp³-hybridized carbons (Fsp3) is 0.500. The lowest BCUT2D eigenvalue weighted by atomic mass is 10.6. The Hall–Kier alpha value is -0.370. The smallest absolute Gasteiger partial charge is 0.306 e. The quantitative estimate of drug-likeness (QED) is 0.477. The average Bonchev–Trinajstić information content (AvgIpc) is 2.04. The summed E-state index contributed by atoms with van der Waals surface area (Å²) in [6, 6.07) is 0. The van der Waals surface area contributed by atoms with Crippen LogP contribution in [0.25, 0.3) is 0 Å². The van der Waals surface area contributed by atoms with E-state index in [0.717, 1.165) is 0 Å². The number of rotatable bonds is 6. The average molecular weight is 190 g/mol. The van der Waals surface area contributed by atoms with Crippen molar-refractivity contribution < 1.29 is 13.6 Å². The zero-order valence-electron chi connectivity index (χ0n) is 7.58. The molecule has 0 aliphatic rings. The molecule has 0 amide bonds. The highest BCUT2D eigenvalue weighted by atomic mass is 31.2. The maximum atomic E-state index is 11.7. The van der Waals surface area contributed by atoms with Crippen LogP contribution in [0, 0.1) is 0 Å². The molecule has 70 valence electrons. The monoisotopic (exact) mass is 190 g/mol. The standard InChI is InChI=1S/C8H15O3P/c1-5-8(4)12(9,10-6-2)11-7-3/h5H,1,4,6-7H2,2-3H3. The number of hydrogen-bond donors (Lipinski definition) is 0. The fourth-order valence-electron chi connectivity index (χ4n) is 0.655.